The van der Waals surface area contributed by atoms with E-state index in [-0.39, 0.29) is 5.82 Å². The van der Waals surface area contributed by atoms with Crippen LogP contribution in [0.1, 0.15) is 5.56 Å². The summed E-state index contributed by atoms with van der Waals surface area (Å²) in [6.07, 6.45) is 0. The monoisotopic (exact) mass is 363 g/mol. The van der Waals surface area contributed by atoms with Crippen molar-refractivity contribution in [3.8, 4) is 0 Å². The molecule has 134 valence electrons. The SMILES string of the molecule is COS(=O)Nc1ccc(N2CCN(Cc3cccc(F)c3)CC2)cc1. The average molecular weight is 363 g/mol. The van der Waals surface area contributed by atoms with E-state index in [1.807, 2.05) is 30.3 Å². The van der Waals surface area contributed by atoms with Crippen LogP contribution in [0.25, 0.3) is 0 Å². The third-order valence-corrected chi connectivity index (χ3v) is 4.96. The summed E-state index contributed by atoms with van der Waals surface area (Å²) < 4.78 is 32.0. The van der Waals surface area contributed by atoms with Crippen molar-refractivity contribution in [2.75, 3.05) is 42.9 Å². The Bertz CT molecular complexity index is 719. The van der Waals surface area contributed by atoms with Crippen LogP contribution in [0.3, 0.4) is 0 Å². The molecule has 2 aromatic rings. The molecular formula is C18H22FN3O2S. The molecule has 1 N–H and O–H groups in total. The fourth-order valence-corrected chi connectivity index (χ4v) is 3.35. The molecule has 25 heavy (non-hydrogen) atoms. The molecule has 0 bridgehead atoms. The van der Waals surface area contributed by atoms with Crippen molar-refractivity contribution >= 4 is 22.6 Å². The molecular weight excluding hydrogens is 341 g/mol. The molecule has 2 aromatic carbocycles. The summed E-state index contributed by atoms with van der Waals surface area (Å²) in [5.41, 5.74) is 2.91. The van der Waals surface area contributed by atoms with Crippen LogP contribution in [-0.2, 0) is 22.0 Å². The maximum atomic E-state index is 13.3. The largest absolute Gasteiger partial charge is 0.369 e. The summed E-state index contributed by atoms with van der Waals surface area (Å²) in [6, 6.07) is 14.6. The predicted octanol–water partition coefficient (Wildman–Crippen LogP) is 2.78. The Hall–Kier alpha value is -1.96. The Morgan fingerprint density at radius 1 is 1.12 bits per heavy atom. The van der Waals surface area contributed by atoms with Crippen molar-refractivity contribution in [3.63, 3.8) is 0 Å². The van der Waals surface area contributed by atoms with Gasteiger partial charge >= 0.3 is 0 Å². The lowest BCUT2D eigenvalue weighted by molar-refractivity contribution is 0.249. The van der Waals surface area contributed by atoms with E-state index >= 15 is 0 Å². The molecule has 7 heteroatoms. The molecule has 0 aromatic heterocycles. The molecule has 5 nitrogen and oxygen atoms in total. The Labute approximate surface area is 150 Å². The number of halogens is 1. The fourth-order valence-electron chi connectivity index (χ4n) is 2.94. The Morgan fingerprint density at radius 2 is 1.84 bits per heavy atom. The standard InChI is InChI=1S/C18H22FN3O2S/c1-24-25(23)20-17-5-7-18(8-6-17)22-11-9-21(10-12-22)14-15-3-2-4-16(19)13-15/h2-8,13,20H,9-12,14H2,1H3. The Kier molecular flexibility index (Phi) is 6.01. The van der Waals surface area contributed by atoms with Gasteiger partial charge in [-0.1, -0.05) is 12.1 Å². The first-order valence-corrected chi connectivity index (χ1v) is 9.26. The summed E-state index contributed by atoms with van der Waals surface area (Å²) in [5, 5.41) is 0. The second kappa shape index (κ2) is 8.42. The molecule has 1 saturated heterocycles. The van der Waals surface area contributed by atoms with Crippen molar-refractivity contribution in [1.82, 2.24) is 4.90 Å². The normalized spacial score (nSPS) is 16.6. The van der Waals surface area contributed by atoms with Crippen LogP contribution in [0.15, 0.2) is 48.5 Å². The third-order valence-electron chi connectivity index (χ3n) is 4.25. The number of piperazine rings is 1. The number of rotatable bonds is 6. The van der Waals surface area contributed by atoms with Crippen LogP contribution >= 0.6 is 0 Å². The molecule has 0 saturated carbocycles. The van der Waals surface area contributed by atoms with Crippen molar-refractivity contribution in [2.24, 2.45) is 0 Å². The highest BCUT2D eigenvalue weighted by molar-refractivity contribution is 7.81. The van der Waals surface area contributed by atoms with Gasteiger partial charge in [0.05, 0.1) is 7.11 Å². The van der Waals surface area contributed by atoms with Gasteiger partial charge in [-0.15, -0.1) is 0 Å². The maximum absolute atomic E-state index is 13.3. The van der Waals surface area contributed by atoms with Crippen LogP contribution in [0.2, 0.25) is 0 Å². The average Bonchev–Trinajstić information content (AvgIpc) is 2.63. The highest BCUT2D eigenvalue weighted by atomic mass is 32.2. The number of hydrogen-bond acceptors (Lipinski definition) is 4. The van der Waals surface area contributed by atoms with E-state index in [1.165, 1.54) is 13.2 Å². The van der Waals surface area contributed by atoms with Crippen molar-refractivity contribution in [1.29, 1.82) is 0 Å². The van der Waals surface area contributed by atoms with E-state index in [2.05, 4.69) is 14.5 Å². The van der Waals surface area contributed by atoms with Crippen molar-refractivity contribution in [2.45, 2.75) is 6.54 Å². The number of nitrogens with one attached hydrogen (secondary N) is 1. The maximum Gasteiger partial charge on any atom is 0.261 e. The van der Waals surface area contributed by atoms with Gasteiger partial charge in [0, 0.05) is 44.1 Å². The molecule has 1 heterocycles. The smallest absolute Gasteiger partial charge is 0.261 e. The van der Waals surface area contributed by atoms with Gasteiger partial charge in [-0.25, -0.2) is 8.60 Å². The summed E-state index contributed by atoms with van der Waals surface area (Å²) >= 11 is -1.51. The fraction of sp³-hybridized carbons (Fsp3) is 0.333. The first kappa shape index (κ1) is 17.8. The molecule has 1 aliphatic rings. The van der Waals surface area contributed by atoms with E-state index < -0.39 is 11.3 Å². The lowest BCUT2D eigenvalue weighted by Crippen LogP contribution is -2.45. The highest BCUT2D eigenvalue weighted by Crippen LogP contribution is 2.20. The van der Waals surface area contributed by atoms with Crippen molar-refractivity contribution in [3.05, 3.63) is 59.9 Å². The predicted molar refractivity (Wildman–Crippen MR) is 99.1 cm³/mol. The minimum absolute atomic E-state index is 0.181. The zero-order chi connectivity index (χ0) is 17.6. The molecule has 0 amide bonds. The van der Waals surface area contributed by atoms with Gasteiger partial charge in [0.2, 0.25) is 0 Å². The Balaban J connectivity index is 1.52. The van der Waals surface area contributed by atoms with Crippen LogP contribution in [0.5, 0.6) is 0 Å². The minimum atomic E-state index is -1.51. The highest BCUT2D eigenvalue weighted by Gasteiger charge is 2.17. The van der Waals surface area contributed by atoms with Crippen LogP contribution in [0, 0.1) is 5.82 Å². The lowest BCUT2D eigenvalue weighted by Gasteiger charge is -2.36. The number of benzene rings is 2. The van der Waals surface area contributed by atoms with Gasteiger partial charge in [0.1, 0.15) is 5.82 Å². The summed E-state index contributed by atoms with van der Waals surface area (Å²) in [5.74, 6) is -0.181. The first-order chi connectivity index (χ1) is 12.1. The second-order valence-corrected chi connectivity index (χ2v) is 6.95. The zero-order valence-electron chi connectivity index (χ0n) is 14.2. The summed E-state index contributed by atoms with van der Waals surface area (Å²) in [4.78, 5) is 4.65. The molecule has 0 spiro atoms. The summed E-state index contributed by atoms with van der Waals surface area (Å²) in [6.45, 7) is 4.49. The molecule has 0 radical (unpaired) electrons. The number of hydrogen-bond donors (Lipinski definition) is 1. The molecule has 0 aliphatic carbocycles. The zero-order valence-corrected chi connectivity index (χ0v) is 15.0. The van der Waals surface area contributed by atoms with Gasteiger partial charge in [0.25, 0.3) is 11.3 Å². The minimum Gasteiger partial charge on any atom is -0.369 e. The van der Waals surface area contributed by atoms with Gasteiger partial charge in [-0.3, -0.25) is 13.8 Å². The topological polar surface area (TPSA) is 44.8 Å². The molecule has 1 atom stereocenters. The molecule has 3 rings (SSSR count). The van der Waals surface area contributed by atoms with E-state index in [0.29, 0.717) is 0 Å². The Morgan fingerprint density at radius 3 is 2.48 bits per heavy atom. The lowest BCUT2D eigenvalue weighted by atomic mass is 10.2. The summed E-state index contributed by atoms with van der Waals surface area (Å²) in [7, 11) is 1.39. The number of anilines is 2. The number of nitrogens with zero attached hydrogens (tertiary/aromatic N) is 2. The van der Waals surface area contributed by atoms with Crippen LogP contribution in [0.4, 0.5) is 15.8 Å². The van der Waals surface area contributed by atoms with E-state index in [9.17, 15) is 8.60 Å². The van der Waals surface area contributed by atoms with Gasteiger partial charge < -0.3 is 4.90 Å². The quantitative estimate of drug-likeness (QED) is 0.857. The molecule has 1 aliphatic heterocycles. The molecule has 1 fully saturated rings. The van der Waals surface area contributed by atoms with Gasteiger partial charge in [0.15, 0.2) is 0 Å². The second-order valence-electron chi connectivity index (χ2n) is 5.94. The van der Waals surface area contributed by atoms with Gasteiger partial charge in [-0.2, -0.15) is 0 Å². The van der Waals surface area contributed by atoms with Crippen LogP contribution < -0.4 is 9.62 Å². The first-order valence-electron chi connectivity index (χ1n) is 8.19. The van der Waals surface area contributed by atoms with E-state index in [4.69, 9.17) is 4.18 Å². The van der Waals surface area contributed by atoms with E-state index in [0.717, 1.165) is 49.7 Å². The van der Waals surface area contributed by atoms with Crippen LogP contribution in [-0.4, -0.2) is 42.4 Å². The van der Waals surface area contributed by atoms with Gasteiger partial charge in [-0.05, 0) is 42.0 Å². The molecule has 1 unspecified atom stereocenters. The van der Waals surface area contributed by atoms with Crippen molar-refractivity contribution < 1.29 is 12.8 Å². The third kappa shape index (κ3) is 5.01. The van der Waals surface area contributed by atoms with E-state index in [1.54, 1.807) is 12.1 Å².